The maximum atomic E-state index is 12.3. The van der Waals surface area contributed by atoms with Crippen LogP contribution in [0, 0.1) is 0 Å². The summed E-state index contributed by atoms with van der Waals surface area (Å²) in [6.07, 6.45) is 1.50. The van der Waals surface area contributed by atoms with Crippen LogP contribution in [-0.2, 0) is 5.75 Å². The maximum absolute atomic E-state index is 12.3. The molecule has 0 bridgehead atoms. The van der Waals surface area contributed by atoms with Gasteiger partial charge in [-0.25, -0.2) is 9.67 Å². The predicted octanol–water partition coefficient (Wildman–Crippen LogP) is 2.59. The summed E-state index contributed by atoms with van der Waals surface area (Å²) in [5.41, 5.74) is 1.31. The Morgan fingerprint density at radius 1 is 1.31 bits per heavy atom. The van der Waals surface area contributed by atoms with Gasteiger partial charge >= 0.3 is 0 Å². The van der Waals surface area contributed by atoms with Crippen molar-refractivity contribution in [3.63, 3.8) is 0 Å². The average Bonchev–Trinajstić information content (AvgIpc) is 3.28. The van der Waals surface area contributed by atoms with Crippen LogP contribution in [0.15, 0.2) is 57.1 Å². The molecule has 4 aromatic rings. The number of ketones is 1. The Morgan fingerprint density at radius 3 is 2.85 bits per heavy atom. The molecular formula is C17H13N5O3S. The molecule has 0 saturated carbocycles. The van der Waals surface area contributed by atoms with E-state index < -0.39 is 0 Å². The highest BCUT2D eigenvalue weighted by molar-refractivity contribution is 7.98. The average molecular weight is 367 g/mol. The normalized spacial score (nSPS) is 11.1. The lowest BCUT2D eigenvalue weighted by Crippen LogP contribution is -2.09. The number of thioether (sulfide) groups is 1. The lowest BCUT2D eigenvalue weighted by molar-refractivity contribution is 0.100. The first kappa shape index (κ1) is 16.3. The second-order valence-corrected chi connectivity index (χ2v) is 6.49. The third kappa shape index (κ3) is 3.04. The van der Waals surface area contributed by atoms with Crippen LogP contribution in [0.2, 0.25) is 0 Å². The second-order valence-electron chi connectivity index (χ2n) is 5.52. The van der Waals surface area contributed by atoms with Gasteiger partial charge < -0.3 is 9.51 Å². The summed E-state index contributed by atoms with van der Waals surface area (Å²) in [5.74, 6) is 0.748. The summed E-state index contributed by atoms with van der Waals surface area (Å²) in [6.45, 7) is 1.42. The highest BCUT2D eigenvalue weighted by Crippen LogP contribution is 2.21. The number of nitrogens with one attached hydrogen (secondary N) is 1. The fourth-order valence-electron chi connectivity index (χ4n) is 2.41. The van der Waals surface area contributed by atoms with E-state index in [9.17, 15) is 9.59 Å². The van der Waals surface area contributed by atoms with Gasteiger partial charge in [-0.15, -0.1) is 0 Å². The number of benzene rings is 1. The number of fused-ring (bicyclic) bond motifs is 1. The van der Waals surface area contributed by atoms with Crippen LogP contribution in [0.4, 0.5) is 0 Å². The van der Waals surface area contributed by atoms with Crippen molar-refractivity contribution in [1.82, 2.24) is 24.9 Å². The van der Waals surface area contributed by atoms with Crippen LogP contribution >= 0.6 is 11.8 Å². The van der Waals surface area contributed by atoms with E-state index >= 15 is 0 Å². The summed E-state index contributed by atoms with van der Waals surface area (Å²) in [5, 5.41) is 8.81. The van der Waals surface area contributed by atoms with Crippen LogP contribution in [0.3, 0.4) is 0 Å². The number of H-pyrrole nitrogens is 1. The van der Waals surface area contributed by atoms with Gasteiger partial charge in [-0.1, -0.05) is 35.1 Å². The molecule has 0 aliphatic heterocycles. The highest BCUT2D eigenvalue weighted by atomic mass is 32.2. The molecule has 8 nitrogen and oxygen atoms in total. The first-order chi connectivity index (χ1) is 12.6. The van der Waals surface area contributed by atoms with E-state index in [0.29, 0.717) is 27.7 Å². The Morgan fingerprint density at radius 2 is 2.12 bits per heavy atom. The predicted molar refractivity (Wildman–Crippen MR) is 95.6 cm³/mol. The molecule has 3 aromatic heterocycles. The minimum absolute atomic E-state index is 0.162. The van der Waals surface area contributed by atoms with E-state index in [-0.39, 0.29) is 17.0 Å². The SMILES string of the molecule is CC(=O)c1cc(CSc2nc3c(cnn3-c3ccccc3)c(=O)[nH]2)on1. The molecule has 0 aliphatic rings. The van der Waals surface area contributed by atoms with Gasteiger partial charge in [0.1, 0.15) is 16.8 Å². The summed E-state index contributed by atoms with van der Waals surface area (Å²) >= 11 is 1.28. The summed E-state index contributed by atoms with van der Waals surface area (Å²) in [4.78, 5) is 30.8. The molecule has 3 heterocycles. The largest absolute Gasteiger partial charge is 0.360 e. The molecule has 130 valence electrons. The number of carbonyl (C=O) groups is 1. The van der Waals surface area contributed by atoms with Gasteiger partial charge in [0.2, 0.25) is 0 Å². The number of nitrogens with zero attached hydrogens (tertiary/aromatic N) is 4. The molecule has 0 unspecified atom stereocenters. The molecule has 0 aliphatic carbocycles. The zero-order chi connectivity index (χ0) is 18.1. The molecule has 0 fully saturated rings. The number of para-hydroxylation sites is 1. The minimum atomic E-state index is -0.262. The van der Waals surface area contributed by atoms with Crippen LogP contribution in [-0.4, -0.2) is 30.7 Å². The van der Waals surface area contributed by atoms with E-state index in [4.69, 9.17) is 4.52 Å². The van der Waals surface area contributed by atoms with Gasteiger partial charge in [0.15, 0.2) is 16.6 Å². The molecule has 0 amide bonds. The smallest absolute Gasteiger partial charge is 0.262 e. The quantitative estimate of drug-likeness (QED) is 0.328. The number of Topliss-reactive ketones (excluding diaryl/α,β-unsaturated/α-hetero) is 1. The fraction of sp³-hybridized carbons (Fsp3) is 0.118. The van der Waals surface area contributed by atoms with Crippen LogP contribution in [0.25, 0.3) is 16.7 Å². The summed E-state index contributed by atoms with van der Waals surface area (Å²) in [7, 11) is 0. The van der Waals surface area contributed by atoms with Crippen molar-refractivity contribution in [3.8, 4) is 5.69 Å². The Bertz CT molecular complexity index is 1150. The van der Waals surface area contributed by atoms with Crippen molar-refractivity contribution in [3.05, 3.63) is 64.4 Å². The third-order valence-electron chi connectivity index (χ3n) is 3.69. The number of aromatic amines is 1. The number of hydrogen-bond acceptors (Lipinski definition) is 7. The van der Waals surface area contributed by atoms with Crippen molar-refractivity contribution < 1.29 is 9.32 Å². The molecule has 4 rings (SSSR count). The van der Waals surface area contributed by atoms with E-state index in [1.54, 1.807) is 10.7 Å². The Labute approximate surface area is 151 Å². The van der Waals surface area contributed by atoms with Crippen LogP contribution in [0.1, 0.15) is 23.2 Å². The number of hydrogen-bond donors (Lipinski definition) is 1. The molecular weight excluding hydrogens is 354 g/mol. The van der Waals surface area contributed by atoms with E-state index in [0.717, 1.165) is 5.69 Å². The number of aromatic nitrogens is 5. The van der Waals surface area contributed by atoms with Crippen molar-refractivity contribution in [2.24, 2.45) is 0 Å². The fourth-order valence-corrected chi connectivity index (χ4v) is 3.14. The van der Waals surface area contributed by atoms with Crippen LogP contribution < -0.4 is 5.56 Å². The maximum Gasteiger partial charge on any atom is 0.262 e. The Kier molecular flexibility index (Phi) is 4.13. The Hall–Kier alpha value is -3.20. The van der Waals surface area contributed by atoms with E-state index in [2.05, 4.69) is 20.2 Å². The van der Waals surface area contributed by atoms with Crippen molar-refractivity contribution in [2.45, 2.75) is 17.8 Å². The van der Waals surface area contributed by atoms with Gasteiger partial charge in [0.05, 0.1) is 17.6 Å². The Balaban J connectivity index is 1.65. The third-order valence-corrected chi connectivity index (χ3v) is 4.58. The molecule has 9 heteroatoms. The zero-order valence-electron chi connectivity index (χ0n) is 13.7. The first-order valence-corrected chi connectivity index (χ1v) is 8.73. The lowest BCUT2D eigenvalue weighted by Gasteiger charge is -2.03. The van der Waals surface area contributed by atoms with Crippen LogP contribution in [0.5, 0.6) is 0 Å². The highest BCUT2D eigenvalue weighted by Gasteiger charge is 2.13. The number of rotatable bonds is 5. The monoisotopic (exact) mass is 367 g/mol. The van der Waals surface area contributed by atoms with E-state index in [1.807, 2.05) is 30.3 Å². The van der Waals surface area contributed by atoms with Crippen molar-refractivity contribution in [1.29, 1.82) is 0 Å². The van der Waals surface area contributed by atoms with Gasteiger partial charge in [-0.3, -0.25) is 9.59 Å². The van der Waals surface area contributed by atoms with Crippen molar-refractivity contribution in [2.75, 3.05) is 0 Å². The summed E-state index contributed by atoms with van der Waals surface area (Å²) < 4.78 is 6.74. The van der Waals surface area contributed by atoms with Gasteiger partial charge in [0, 0.05) is 13.0 Å². The van der Waals surface area contributed by atoms with E-state index in [1.165, 1.54) is 24.9 Å². The summed E-state index contributed by atoms with van der Waals surface area (Å²) in [6, 6.07) is 11.0. The van der Waals surface area contributed by atoms with Gasteiger partial charge in [0.25, 0.3) is 5.56 Å². The molecule has 1 aromatic carbocycles. The molecule has 0 saturated heterocycles. The minimum Gasteiger partial charge on any atom is -0.360 e. The zero-order valence-corrected chi connectivity index (χ0v) is 14.5. The first-order valence-electron chi connectivity index (χ1n) is 7.74. The topological polar surface area (TPSA) is 107 Å². The molecule has 26 heavy (non-hydrogen) atoms. The molecule has 0 radical (unpaired) electrons. The van der Waals surface area contributed by atoms with Crippen molar-refractivity contribution >= 4 is 28.6 Å². The number of carbonyl (C=O) groups excluding carboxylic acids is 1. The van der Waals surface area contributed by atoms with Gasteiger partial charge in [-0.05, 0) is 12.1 Å². The second kappa shape index (κ2) is 6.60. The molecule has 0 atom stereocenters. The standard InChI is InChI=1S/C17H13N5O3S/c1-10(23)14-7-12(25-21-14)9-26-17-19-15-13(16(24)20-17)8-18-22(15)11-5-3-2-4-6-11/h2-8H,9H2,1H3,(H,19,20,24). The lowest BCUT2D eigenvalue weighted by atomic mass is 10.3. The molecule has 1 N–H and O–H groups in total. The molecule has 0 spiro atoms. The van der Waals surface area contributed by atoms with Gasteiger partial charge in [-0.2, -0.15) is 5.10 Å².